The second kappa shape index (κ2) is 6.03. The van der Waals surface area contributed by atoms with E-state index in [-0.39, 0.29) is 12.4 Å². The van der Waals surface area contributed by atoms with Crippen LogP contribution in [0.5, 0.6) is 5.75 Å². The molecule has 0 amide bonds. The molecule has 0 unspecified atom stereocenters. The number of halogens is 1. The summed E-state index contributed by atoms with van der Waals surface area (Å²) in [6.45, 7) is -0.126. The number of ether oxygens (including phenoxy) is 1. The first-order chi connectivity index (χ1) is 9.20. The quantitative estimate of drug-likeness (QED) is 0.800. The fourth-order valence-electron chi connectivity index (χ4n) is 1.57. The topological polar surface area (TPSA) is 50.1 Å². The summed E-state index contributed by atoms with van der Waals surface area (Å²) in [5.74, 6) is 0.218. The number of nitrogens with zero attached hydrogens (tertiary/aromatic N) is 1. The van der Waals surface area contributed by atoms with Crippen molar-refractivity contribution < 1.29 is 9.53 Å². The molecule has 0 bridgehead atoms. The van der Waals surface area contributed by atoms with E-state index in [2.05, 4.69) is 0 Å². The van der Waals surface area contributed by atoms with Crippen LogP contribution >= 0.6 is 11.6 Å². The molecule has 3 nitrogen and oxygen atoms in total. The SMILES string of the molecule is N#Cc1ccccc1OCC(=O)c1cccc(Cl)c1. The van der Waals surface area contributed by atoms with Crippen molar-refractivity contribution in [1.29, 1.82) is 5.26 Å². The first kappa shape index (κ1) is 13.1. The molecular weight excluding hydrogens is 262 g/mol. The molecule has 0 radical (unpaired) electrons. The molecule has 4 heteroatoms. The number of rotatable bonds is 4. The Hall–Kier alpha value is -2.31. The number of carbonyl (C=O) groups excluding carboxylic acids is 1. The normalized spacial score (nSPS) is 9.68. The van der Waals surface area contributed by atoms with Gasteiger partial charge in [0.05, 0.1) is 5.56 Å². The van der Waals surface area contributed by atoms with Crippen molar-refractivity contribution in [2.45, 2.75) is 0 Å². The molecule has 0 aliphatic carbocycles. The van der Waals surface area contributed by atoms with E-state index in [1.807, 2.05) is 6.07 Å². The van der Waals surface area contributed by atoms with E-state index < -0.39 is 0 Å². The van der Waals surface area contributed by atoms with Gasteiger partial charge in [-0.05, 0) is 24.3 Å². The van der Waals surface area contributed by atoms with Crippen LogP contribution in [0.1, 0.15) is 15.9 Å². The maximum atomic E-state index is 11.9. The first-order valence-electron chi connectivity index (χ1n) is 5.61. The monoisotopic (exact) mass is 271 g/mol. The lowest BCUT2D eigenvalue weighted by atomic mass is 10.1. The number of Topliss-reactive ketones (excluding diaryl/α,β-unsaturated/α-hetero) is 1. The molecule has 2 rings (SSSR count). The minimum Gasteiger partial charge on any atom is -0.484 e. The van der Waals surface area contributed by atoms with Gasteiger partial charge >= 0.3 is 0 Å². The highest BCUT2D eigenvalue weighted by molar-refractivity contribution is 6.31. The Morgan fingerprint density at radius 1 is 1.21 bits per heavy atom. The fraction of sp³-hybridized carbons (Fsp3) is 0.0667. The van der Waals surface area contributed by atoms with Crippen LogP contribution in [0.3, 0.4) is 0 Å². The number of benzene rings is 2. The molecule has 0 aliphatic rings. The standard InChI is InChI=1S/C15H10ClNO2/c16-13-6-3-5-11(8-13)14(18)10-19-15-7-2-1-4-12(15)9-17/h1-8H,10H2. The third-order valence-electron chi connectivity index (χ3n) is 2.51. The predicted octanol–water partition coefficient (Wildman–Crippen LogP) is 3.47. The lowest BCUT2D eigenvalue weighted by Crippen LogP contribution is -2.12. The van der Waals surface area contributed by atoms with Crippen LogP contribution in [0.4, 0.5) is 0 Å². The summed E-state index contributed by atoms with van der Waals surface area (Å²) in [6.07, 6.45) is 0. The second-order valence-corrected chi connectivity index (χ2v) is 4.27. The summed E-state index contributed by atoms with van der Waals surface area (Å²) >= 11 is 5.82. The zero-order valence-electron chi connectivity index (χ0n) is 9.97. The average molecular weight is 272 g/mol. The third kappa shape index (κ3) is 3.34. The van der Waals surface area contributed by atoms with Gasteiger partial charge in [0.15, 0.2) is 12.4 Å². The van der Waals surface area contributed by atoms with E-state index in [1.54, 1.807) is 48.5 Å². The van der Waals surface area contributed by atoms with Crippen LogP contribution < -0.4 is 4.74 Å². The predicted molar refractivity (Wildman–Crippen MR) is 72.4 cm³/mol. The van der Waals surface area contributed by atoms with Crippen molar-refractivity contribution in [2.24, 2.45) is 0 Å². The van der Waals surface area contributed by atoms with Gasteiger partial charge in [-0.1, -0.05) is 35.9 Å². The number of para-hydroxylation sites is 1. The highest BCUT2D eigenvalue weighted by atomic mass is 35.5. The molecule has 0 saturated heterocycles. The van der Waals surface area contributed by atoms with E-state index in [4.69, 9.17) is 21.6 Å². The van der Waals surface area contributed by atoms with Crippen LogP contribution in [0.2, 0.25) is 5.02 Å². The maximum Gasteiger partial charge on any atom is 0.200 e. The van der Waals surface area contributed by atoms with Crippen LogP contribution in [0.15, 0.2) is 48.5 Å². The summed E-state index contributed by atoms with van der Waals surface area (Å²) in [5, 5.41) is 9.41. The molecule has 2 aromatic carbocycles. The van der Waals surface area contributed by atoms with Gasteiger partial charge in [-0.3, -0.25) is 4.79 Å². The summed E-state index contributed by atoms with van der Waals surface area (Å²) < 4.78 is 5.37. The van der Waals surface area contributed by atoms with Crippen molar-refractivity contribution in [1.82, 2.24) is 0 Å². The van der Waals surface area contributed by atoms with Gasteiger partial charge in [0.2, 0.25) is 0 Å². The lowest BCUT2D eigenvalue weighted by molar-refractivity contribution is 0.0921. The maximum absolute atomic E-state index is 11.9. The number of hydrogen-bond acceptors (Lipinski definition) is 3. The number of ketones is 1. The molecule has 2 aromatic rings. The molecule has 0 fully saturated rings. The molecular formula is C15H10ClNO2. The number of hydrogen-bond donors (Lipinski definition) is 0. The Morgan fingerprint density at radius 3 is 2.74 bits per heavy atom. The van der Waals surface area contributed by atoms with Crippen LogP contribution in [0.25, 0.3) is 0 Å². The van der Waals surface area contributed by atoms with E-state index >= 15 is 0 Å². The molecule has 0 heterocycles. The summed E-state index contributed by atoms with van der Waals surface area (Å²) in [6, 6.07) is 15.5. The lowest BCUT2D eigenvalue weighted by Gasteiger charge is -2.07. The van der Waals surface area contributed by atoms with Crippen molar-refractivity contribution >= 4 is 17.4 Å². The Kier molecular flexibility index (Phi) is 4.17. The number of carbonyl (C=O) groups is 1. The van der Waals surface area contributed by atoms with E-state index in [1.165, 1.54) is 0 Å². The second-order valence-electron chi connectivity index (χ2n) is 3.83. The first-order valence-corrected chi connectivity index (χ1v) is 5.99. The van der Waals surface area contributed by atoms with E-state index in [0.717, 1.165) is 0 Å². The van der Waals surface area contributed by atoms with E-state index in [9.17, 15) is 4.79 Å². The molecule has 0 spiro atoms. The Bertz CT molecular complexity index is 647. The third-order valence-corrected chi connectivity index (χ3v) is 2.75. The Balaban J connectivity index is 2.07. The van der Waals surface area contributed by atoms with Gasteiger partial charge in [0.25, 0.3) is 0 Å². The van der Waals surface area contributed by atoms with Crippen molar-refractivity contribution in [3.8, 4) is 11.8 Å². The average Bonchev–Trinajstić information content (AvgIpc) is 2.45. The minimum absolute atomic E-state index is 0.126. The summed E-state index contributed by atoms with van der Waals surface area (Å²) in [7, 11) is 0. The Morgan fingerprint density at radius 2 is 2.00 bits per heavy atom. The molecule has 0 aromatic heterocycles. The van der Waals surface area contributed by atoms with Crippen molar-refractivity contribution in [3.05, 3.63) is 64.7 Å². The van der Waals surface area contributed by atoms with Crippen molar-refractivity contribution in [3.63, 3.8) is 0 Å². The van der Waals surface area contributed by atoms with Crippen LogP contribution in [-0.2, 0) is 0 Å². The summed E-state index contributed by atoms with van der Waals surface area (Å²) in [5.41, 5.74) is 0.892. The Labute approximate surface area is 116 Å². The molecule has 0 N–H and O–H groups in total. The minimum atomic E-state index is -0.185. The van der Waals surface area contributed by atoms with Gasteiger partial charge in [0.1, 0.15) is 11.8 Å². The fourth-order valence-corrected chi connectivity index (χ4v) is 1.76. The molecule has 19 heavy (non-hydrogen) atoms. The zero-order chi connectivity index (χ0) is 13.7. The molecule has 0 aliphatic heterocycles. The molecule has 0 atom stereocenters. The summed E-state index contributed by atoms with van der Waals surface area (Å²) in [4.78, 5) is 11.9. The van der Waals surface area contributed by atoms with Crippen molar-refractivity contribution in [2.75, 3.05) is 6.61 Å². The van der Waals surface area contributed by atoms with E-state index in [0.29, 0.717) is 21.9 Å². The van der Waals surface area contributed by atoms with Crippen LogP contribution in [0, 0.1) is 11.3 Å². The highest BCUT2D eigenvalue weighted by Crippen LogP contribution is 2.17. The molecule has 0 saturated carbocycles. The van der Waals surface area contributed by atoms with Gasteiger partial charge in [-0.25, -0.2) is 0 Å². The smallest absolute Gasteiger partial charge is 0.200 e. The van der Waals surface area contributed by atoms with Gasteiger partial charge in [-0.15, -0.1) is 0 Å². The van der Waals surface area contributed by atoms with Gasteiger partial charge < -0.3 is 4.74 Å². The zero-order valence-corrected chi connectivity index (χ0v) is 10.7. The molecule has 94 valence electrons. The van der Waals surface area contributed by atoms with Crippen LogP contribution in [-0.4, -0.2) is 12.4 Å². The largest absolute Gasteiger partial charge is 0.484 e. The highest BCUT2D eigenvalue weighted by Gasteiger charge is 2.09. The van der Waals surface area contributed by atoms with Gasteiger partial charge in [-0.2, -0.15) is 5.26 Å². The van der Waals surface area contributed by atoms with Gasteiger partial charge in [0, 0.05) is 10.6 Å². The number of nitriles is 1.